The second-order valence-corrected chi connectivity index (χ2v) is 6.85. The van der Waals surface area contributed by atoms with Gasteiger partial charge in [-0.15, -0.1) is 0 Å². The summed E-state index contributed by atoms with van der Waals surface area (Å²) in [6.07, 6.45) is 2.17. The van der Waals surface area contributed by atoms with Crippen molar-refractivity contribution in [2.75, 3.05) is 36.5 Å². The summed E-state index contributed by atoms with van der Waals surface area (Å²) in [4.78, 5) is 14.5. The van der Waals surface area contributed by atoms with Crippen molar-refractivity contribution in [3.05, 3.63) is 60.2 Å². The maximum atomic E-state index is 12.2. The molecule has 0 atom stereocenters. The number of nitrogens with zero attached hydrogens (tertiary/aromatic N) is 1. The van der Waals surface area contributed by atoms with E-state index in [-0.39, 0.29) is 11.7 Å². The summed E-state index contributed by atoms with van der Waals surface area (Å²) in [6.45, 7) is 3.24. The fraction of sp³-hybridized carbons (Fsp3) is 0.381. The van der Waals surface area contributed by atoms with E-state index in [9.17, 15) is 4.79 Å². The van der Waals surface area contributed by atoms with Crippen LogP contribution >= 0.6 is 0 Å². The molecule has 26 heavy (non-hydrogen) atoms. The van der Waals surface area contributed by atoms with Gasteiger partial charge in [-0.05, 0) is 29.8 Å². The minimum atomic E-state index is -0.345. The van der Waals surface area contributed by atoms with E-state index in [1.54, 1.807) is 0 Å². The first kappa shape index (κ1) is 17.1. The number of hydrogen-bond donors (Lipinski definition) is 1. The fourth-order valence-electron chi connectivity index (χ4n) is 3.63. The van der Waals surface area contributed by atoms with Crippen LogP contribution in [0.1, 0.15) is 18.4 Å². The number of carbonyl (C=O) groups excluding carboxylic acids is 1. The van der Waals surface area contributed by atoms with Crippen molar-refractivity contribution in [3.8, 4) is 0 Å². The molecule has 2 saturated heterocycles. The van der Waals surface area contributed by atoms with E-state index in [0.29, 0.717) is 19.6 Å². The highest BCUT2D eigenvalue weighted by Crippen LogP contribution is 2.33. The Balaban J connectivity index is 1.31. The van der Waals surface area contributed by atoms with Gasteiger partial charge in [-0.2, -0.15) is 0 Å². The predicted octanol–water partition coefficient (Wildman–Crippen LogP) is 3.21. The fourth-order valence-corrected chi connectivity index (χ4v) is 3.63. The molecule has 2 aliphatic rings. The number of anilines is 2. The van der Waals surface area contributed by atoms with E-state index >= 15 is 0 Å². The highest BCUT2D eigenvalue weighted by molar-refractivity contribution is 5.92. The van der Waals surface area contributed by atoms with Gasteiger partial charge in [0.2, 0.25) is 5.91 Å². The molecule has 136 valence electrons. The van der Waals surface area contributed by atoms with E-state index in [4.69, 9.17) is 9.47 Å². The highest BCUT2D eigenvalue weighted by Gasteiger charge is 2.39. The first-order valence-electron chi connectivity index (χ1n) is 9.19. The minimum Gasteiger partial charge on any atom is -0.371 e. The third kappa shape index (κ3) is 3.89. The van der Waals surface area contributed by atoms with Gasteiger partial charge in [0.25, 0.3) is 0 Å². The molecule has 0 aliphatic carbocycles. The van der Waals surface area contributed by atoms with Gasteiger partial charge in [-0.25, -0.2) is 0 Å². The molecule has 2 heterocycles. The second-order valence-electron chi connectivity index (χ2n) is 6.85. The molecule has 0 aromatic heterocycles. The number of amides is 1. The maximum Gasteiger partial charge on any atom is 0.228 e. The molecule has 1 amide bonds. The predicted molar refractivity (Wildman–Crippen MR) is 101 cm³/mol. The first-order valence-corrected chi connectivity index (χ1v) is 9.19. The van der Waals surface area contributed by atoms with E-state index in [1.807, 2.05) is 42.5 Å². The maximum absolute atomic E-state index is 12.2. The van der Waals surface area contributed by atoms with Gasteiger partial charge in [0.15, 0.2) is 5.79 Å². The molecule has 5 nitrogen and oxygen atoms in total. The van der Waals surface area contributed by atoms with E-state index in [1.165, 1.54) is 5.69 Å². The van der Waals surface area contributed by atoms with Crippen LogP contribution in [0, 0.1) is 0 Å². The van der Waals surface area contributed by atoms with Gasteiger partial charge < -0.3 is 19.7 Å². The Morgan fingerprint density at radius 2 is 1.62 bits per heavy atom. The topological polar surface area (TPSA) is 50.8 Å². The number of rotatable bonds is 4. The van der Waals surface area contributed by atoms with Crippen LogP contribution in [-0.2, 0) is 20.7 Å². The normalized spacial score (nSPS) is 18.8. The minimum absolute atomic E-state index is 0.000560. The van der Waals surface area contributed by atoms with Crippen LogP contribution in [0.3, 0.4) is 0 Å². The van der Waals surface area contributed by atoms with Crippen LogP contribution in [0.15, 0.2) is 54.6 Å². The Labute approximate surface area is 153 Å². The molecule has 2 aromatic carbocycles. The average molecular weight is 352 g/mol. The van der Waals surface area contributed by atoms with Crippen molar-refractivity contribution in [3.63, 3.8) is 0 Å². The summed E-state index contributed by atoms with van der Waals surface area (Å²) in [5, 5.41) is 2.96. The molecule has 2 aromatic rings. The number of piperidine rings is 1. The second kappa shape index (κ2) is 7.48. The van der Waals surface area contributed by atoms with Crippen molar-refractivity contribution < 1.29 is 14.3 Å². The molecule has 4 rings (SSSR count). The highest BCUT2D eigenvalue weighted by atomic mass is 16.7. The average Bonchev–Trinajstić information content (AvgIpc) is 3.12. The number of ether oxygens (including phenoxy) is 2. The summed E-state index contributed by atoms with van der Waals surface area (Å²) in [7, 11) is 0. The molecule has 0 bridgehead atoms. The van der Waals surface area contributed by atoms with Gasteiger partial charge in [0.05, 0.1) is 19.6 Å². The van der Waals surface area contributed by atoms with E-state index < -0.39 is 0 Å². The SMILES string of the molecule is O=C(Cc1ccccc1)Nc1ccc(N2CCC3(CC2)OCCO3)cc1. The smallest absolute Gasteiger partial charge is 0.228 e. The van der Waals surface area contributed by atoms with Crippen molar-refractivity contribution in [2.45, 2.75) is 25.0 Å². The lowest BCUT2D eigenvalue weighted by Crippen LogP contribution is -2.45. The van der Waals surface area contributed by atoms with Crippen LogP contribution in [0.25, 0.3) is 0 Å². The molecule has 0 radical (unpaired) electrons. The molecule has 1 spiro atoms. The molecule has 5 heteroatoms. The van der Waals surface area contributed by atoms with Gasteiger partial charge in [0, 0.05) is 37.3 Å². The van der Waals surface area contributed by atoms with Crippen LogP contribution in [0.5, 0.6) is 0 Å². The lowest BCUT2D eigenvalue weighted by molar-refractivity contribution is -0.169. The van der Waals surface area contributed by atoms with Gasteiger partial charge in [-0.1, -0.05) is 30.3 Å². The van der Waals surface area contributed by atoms with Crippen molar-refractivity contribution in [1.82, 2.24) is 0 Å². The van der Waals surface area contributed by atoms with Crippen molar-refractivity contribution in [1.29, 1.82) is 0 Å². The number of hydrogen-bond acceptors (Lipinski definition) is 4. The Bertz CT molecular complexity index is 730. The number of benzene rings is 2. The zero-order valence-corrected chi connectivity index (χ0v) is 14.8. The Morgan fingerprint density at radius 1 is 0.962 bits per heavy atom. The quantitative estimate of drug-likeness (QED) is 0.918. The number of carbonyl (C=O) groups is 1. The Hall–Kier alpha value is -2.37. The lowest BCUT2D eigenvalue weighted by Gasteiger charge is -2.38. The zero-order chi connectivity index (χ0) is 17.8. The van der Waals surface area contributed by atoms with E-state index in [0.717, 1.165) is 37.2 Å². The summed E-state index contributed by atoms with van der Waals surface area (Å²) in [5.41, 5.74) is 3.00. The molecular formula is C21H24N2O3. The molecule has 0 saturated carbocycles. The zero-order valence-electron chi connectivity index (χ0n) is 14.8. The lowest BCUT2D eigenvalue weighted by atomic mass is 10.0. The summed E-state index contributed by atoms with van der Waals surface area (Å²) >= 11 is 0. The molecule has 2 aliphatic heterocycles. The largest absolute Gasteiger partial charge is 0.371 e. The molecule has 1 N–H and O–H groups in total. The summed E-state index contributed by atoms with van der Waals surface area (Å²) in [6, 6.07) is 17.8. The van der Waals surface area contributed by atoms with Crippen LogP contribution in [0.4, 0.5) is 11.4 Å². The Morgan fingerprint density at radius 3 is 2.27 bits per heavy atom. The van der Waals surface area contributed by atoms with E-state index in [2.05, 4.69) is 22.3 Å². The molecule has 0 unspecified atom stereocenters. The third-order valence-electron chi connectivity index (χ3n) is 5.06. The Kier molecular flexibility index (Phi) is 4.91. The molecule has 2 fully saturated rings. The van der Waals surface area contributed by atoms with Gasteiger partial charge in [0.1, 0.15) is 0 Å². The van der Waals surface area contributed by atoms with Crippen molar-refractivity contribution >= 4 is 17.3 Å². The number of nitrogens with one attached hydrogen (secondary N) is 1. The third-order valence-corrected chi connectivity index (χ3v) is 5.06. The first-order chi connectivity index (χ1) is 12.7. The monoisotopic (exact) mass is 352 g/mol. The van der Waals surface area contributed by atoms with Crippen molar-refractivity contribution in [2.24, 2.45) is 0 Å². The summed E-state index contributed by atoms with van der Waals surface area (Å²) < 4.78 is 11.6. The van der Waals surface area contributed by atoms with Gasteiger partial charge in [-0.3, -0.25) is 4.79 Å². The van der Waals surface area contributed by atoms with Gasteiger partial charge >= 0.3 is 0 Å². The summed E-state index contributed by atoms with van der Waals surface area (Å²) in [5.74, 6) is -0.346. The molecular weight excluding hydrogens is 328 g/mol. The van der Waals surface area contributed by atoms with Crippen LogP contribution < -0.4 is 10.2 Å². The van der Waals surface area contributed by atoms with Crippen LogP contribution in [0.2, 0.25) is 0 Å². The van der Waals surface area contributed by atoms with Crippen LogP contribution in [-0.4, -0.2) is 38.0 Å². The standard InChI is InChI=1S/C21H24N2O3/c24-20(16-17-4-2-1-3-5-17)22-18-6-8-19(9-7-18)23-12-10-21(11-13-23)25-14-15-26-21/h1-9H,10-16H2,(H,22,24).